The van der Waals surface area contributed by atoms with Crippen molar-refractivity contribution in [2.45, 2.75) is 13.8 Å². The van der Waals surface area contributed by atoms with E-state index in [0.717, 1.165) is 11.5 Å². The van der Waals surface area contributed by atoms with E-state index in [-0.39, 0.29) is 0 Å². The third-order valence-electron chi connectivity index (χ3n) is 0.942. The topological polar surface area (TPSA) is 17.1 Å². The second-order valence-electron chi connectivity index (χ2n) is 1.92. The van der Waals surface area contributed by atoms with Gasteiger partial charge < -0.3 is 0 Å². The number of Topliss-reactive ketones (excluding diaryl/α,β-unsaturated/α-hetero) is 1. The molecule has 1 nitrogen and oxygen atoms in total. The fourth-order valence-corrected chi connectivity index (χ4v) is 1.35. The van der Waals surface area contributed by atoms with E-state index in [1.54, 1.807) is 6.92 Å². The second-order valence-corrected chi connectivity index (χ2v) is 4.35. The maximum Gasteiger partial charge on any atom is 0.178 e. The van der Waals surface area contributed by atoms with Crippen LogP contribution in [-0.4, -0.2) is 23.5 Å². The van der Waals surface area contributed by atoms with Crippen LogP contribution in [0.2, 0.25) is 0 Å². The summed E-state index contributed by atoms with van der Waals surface area (Å²) in [6, 6.07) is 0. The molecule has 0 aliphatic heterocycles. The van der Waals surface area contributed by atoms with Gasteiger partial charge in [0.05, 0.1) is 6.26 Å². The zero-order chi connectivity index (χ0) is 6.57. The molecule has 48 valence electrons. The van der Waals surface area contributed by atoms with Crippen LogP contribution < -0.4 is 0 Å². The van der Waals surface area contributed by atoms with Crippen molar-refractivity contribution in [3.8, 4) is 0 Å². The van der Waals surface area contributed by atoms with Crippen LogP contribution in [0.5, 0.6) is 0 Å². The first-order chi connectivity index (χ1) is 3.66. The molecule has 0 heterocycles. The van der Waals surface area contributed by atoms with E-state index in [0.29, 0.717) is 16.7 Å². The van der Waals surface area contributed by atoms with Crippen LogP contribution in [0.15, 0.2) is 0 Å². The van der Waals surface area contributed by atoms with Crippen molar-refractivity contribution in [1.29, 1.82) is 0 Å². The highest BCUT2D eigenvalue weighted by Gasteiger charge is 2.08. The maximum absolute atomic E-state index is 10.4. The van der Waals surface area contributed by atoms with Crippen molar-refractivity contribution in [3.05, 3.63) is 0 Å². The minimum Gasteiger partial charge on any atom is -0.295 e. The molecule has 0 aromatic heterocycles. The van der Waals surface area contributed by atoms with Gasteiger partial charge in [-0.15, -0.1) is 0 Å². The quantitative estimate of drug-likeness (QED) is 0.521. The Labute approximate surface area is 53.8 Å². The van der Waals surface area contributed by atoms with Gasteiger partial charge in [-0.2, -0.15) is 0 Å². The summed E-state index contributed by atoms with van der Waals surface area (Å²) in [5, 5.41) is 0. The number of rotatable bonds is 3. The van der Waals surface area contributed by atoms with Crippen molar-refractivity contribution >= 4 is 16.7 Å². The Morgan fingerprint density at radius 2 is 2.12 bits per heavy atom. The van der Waals surface area contributed by atoms with Gasteiger partial charge in [-0.05, 0) is 24.7 Å². The molecule has 2 heteroatoms. The fourth-order valence-electron chi connectivity index (χ4n) is 0.449. The molecule has 0 radical (unpaired) electrons. The molecule has 0 spiro atoms. The summed E-state index contributed by atoms with van der Waals surface area (Å²) < 4.78 is 0. The number of carbonyl (C=O) groups is 1. The fraction of sp³-hybridized carbons (Fsp3) is 0.833. The molecule has 0 aromatic carbocycles. The Morgan fingerprint density at radius 1 is 1.62 bits per heavy atom. The highest BCUT2D eigenvalue weighted by Crippen LogP contribution is 1.89. The summed E-state index contributed by atoms with van der Waals surface area (Å²) in [5.41, 5.74) is 0. The summed E-state index contributed by atoms with van der Waals surface area (Å²) in [6.45, 7) is 3.77. The Hall–Kier alpha value is 0.0200. The SMILES string of the molecule is CC[S+](C)CC(C)=O. The van der Waals surface area contributed by atoms with Gasteiger partial charge in [0.25, 0.3) is 0 Å². The summed E-state index contributed by atoms with van der Waals surface area (Å²) in [5.74, 6) is 2.23. The van der Waals surface area contributed by atoms with E-state index < -0.39 is 0 Å². The lowest BCUT2D eigenvalue weighted by atomic mass is 10.5. The largest absolute Gasteiger partial charge is 0.295 e. The minimum absolute atomic E-state index is 0.317. The van der Waals surface area contributed by atoms with E-state index in [1.807, 2.05) is 0 Å². The zero-order valence-electron chi connectivity index (χ0n) is 5.73. The first-order valence-corrected chi connectivity index (χ1v) is 4.72. The predicted molar refractivity (Wildman–Crippen MR) is 39.4 cm³/mol. The van der Waals surface area contributed by atoms with Gasteiger partial charge in [0.2, 0.25) is 0 Å². The lowest BCUT2D eigenvalue weighted by Gasteiger charge is -1.93. The van der Waals surface area contributed by atoms with Gasteiger partial charge in [0.15, 0.2) is 11.5 Å². The van der Waals surface area contributed by atoms with Gasteiger partial charge in [-0.25, -0.2) is 0 Å². The monoisotopic (exact) mass is 133 g/mol. The van der Waals surface area contributed by atoms with Gasteiger partial charge in [0.1, 0.15) is 5.75 Å². The number of hydrogen-bond acceptors (Lipinski definition) is 1. The van der Waals surface area contributed by atoms with Gasteiger partial charge in [-0.3, -0.25) is 4.79 Å². The molecular formula is C6H13OS+. The average Bonchev–Trinajstić information content (AvgIpc) is 1.65. The Bertz CT molecular complexity index is 80.6. The van der Waals surface area contributed by atoms with Gasteiger partial charge >= 0.3 is 0 Å². The lowest BCUT2D eigenvalue weighted by molar-refractivity contribution is -0.114. The molecule has 8 heavy (non-hydrogen) atoms. The highest BCUT2D eigenvalue weighted by atomic mass is 32.2. The number of hydrogen-bond donors (Lipinski definition) is 0. The molecule has 0 N–H and O–H groups in total. The van der Waals surface area contributed by atoms with Gasteiger partial charge in [-0.1, -0.05) is 0 Å². The maximum atomic E-state index is 10.4. The molecule has 0 amide bonds. The van der Waals surface area contributed by atoms with Crippen molar-refractivity contribution < 1.29 is 4.79 Å². The molecule has 0 fully saturated rings. The predicted octanol–water partition coefficient (Wildman–Crippen LogP) is 0.843. The standard InChI is InChI=1S/C6H13OS/c1-4-8(3)5-6(2)7/h4-5H2,1-3H3/q+1. The molecule has 0 bridgehead atoms. The van der Waals surface area contributed by atoms with Crippen molar-refractivity contribution in [3.63, 3.8) is 0 Å². The van der Waals surface area contributed by atoms with Crippen LogP contribution in [0.25, 0.3) is 0 Å². The van der Waals surface area contributed by atoms with Crippen LogP contribution in [0.4, 0.5) is 0 Å². The molecule has 0 aromatic rings. The number of carbonyl (C=O) groups excluding carboxylic acids is 1. The van der Waals surface area contributed by atoms with E-state index in [1.165, 1.54) is 0 Å². The molecule has 0 aliphatic carbocycles. The summed E-state index contributed by atoms with van der Waals surface area (Å²) in [7, 11) is 0.343. The first-order valence-electron chi connectivity index (χ1n) is 2.75. The van der Waals surface area contributed by atoms with Crippen LogP contribution >= 0.6 is 0 Å². The minimum atomic E-state index is 0.317. The smallest absolute Gasteiger partial charge is 0.178 e. The lowest BCUT2D eigenvalue weighted by Crippen LogP contribution is -2.13. The normalized spacial score (nSPS) is 13.4. The van der Waals surface area contributed by atoms with E-state index in [2.05, 4.69) is 13.2 Å². The Balaban J connectivity index is 3.24. The zero-order valence-corrected chi connectivity index (χ0v) is 6.55. The van der Waals surface area contributed by atoms with Crippen LogP contribution in [0, 0.1) is 0 Å². The Morgan fingerprint density at radius 3 is 2.25 bits per heavy atom. The number of ketones is 1. The molecule has 0 saturated carbocycles. The molecule has 1 unspecified atom stereocenters. The molecule has 0 saturated heterocycles. The third-order valence-corrected chi connectivity index (χ3v) is 2.83. The third kappa shape index (κ3) is 4.19. The van der Waals surface area contributed by atoms with E-state index in [4.69, 9.17) is 0 Å². The van der Waals surface area contributed by atoms with Crippen molar-refractivity contribution in [2.75, 3.05) is 17.8 Å². The summed E-state index contributed by atoms with van der Waals surface area (Å²) in [4.78, 5) is 10.4. The van der Waals surface area contributed by atoms with Crippen LogP contribution in [0.1, 0.15) is 13.8 Å². The van der Waals surface area contributed by atoms with E-state index in [9.17, 15) is 4.79 Å². The van der Waals surface area contributed by atoms with E-state index >= 15 is 0 Å². The summed E-state index contributed by atoms with van der Waals surface area (Å²) >= 11 is 0. The average molecular weight is 133 g/mol. The summed E-state index contributed by atoms with van der Waals surface area (Å²) in [6.07, 6.45) is 2.13. The van der Waals surface area contributed by atoms with Gasteiger partial charge in [0, 0.05) is 0 Å². The molecular weight excluding hydrogens is 120 g/mol. The second kappa shape index (κ2) is 3.96. The van der Waals surface area contributed by atoms with Crippen LogP contribution in [-0.2, 0) is 15.7 Å². The molecule has 0 aliphatic rings. The first kappa shape index (κ1) is 8.02. The molecule has 1 atom stereocenters. The Kier molecular flexibility index (Phi) is 3.97. The molecule has 0 rings (SSSR count). The highest BCUT2D eigenvalue weighted by molar-refractivity contribution is 7.96. The van der Waals surface area contributed by atoms with Crippen molar-refractivity contribution in [1.82, 2.24) is 0 Å². The van der Waals surface area contributed by atoms with Crippen LogP contribution in [0.3, 0.4) is 0 Å². The van der Waals surface area contributed by atoms with Crippen molar-refractivity contribution in [2.24, 2.45) is 0 Å².